The summed E-state index contributed by atoms with van der Waals surface area (Å²) >= 11 is 0. The van der Waals surface area contributed by atoms with Gasteiger partial charge in [0.15, 0.2) is 5.82 Å². The van der Waals surface area contributed by atoms with Crippen LogP contribution in [-0.2, 0) is 0 Å². The summed E-state index contributed by atoms with van der Waals surface area (Å²) in [5.74, 6) is 0.436. The maximum absolute atomic E-state index is 5.81. The van der Waals surface area contributed by atoms with Gasteiger partial charge in [-0.3, -0.25) is 0 Å². The summed E-state index contributed by atoms with van der Waals surface area (Å²) in [5.41, 5.74) is 9.51. The maximum Gasteiger partial charge on any atom is 0.153 e. The Labute approximate surface area is 98.8 Å². The first-order valence-electron chi connectivity index (χ1n) is 5.62. The number of hydrogen-bond donors (Lipinski definition) is 2. The highest BCUT2D eigenvalue weighted by Gasteiger charge is 2.09. The van der Waals surface area contributed by atoms with E-state index in [1.54, 1.807) is 0 Å². The van der Waals surface area contributed by atoms with E-state index >= 15 is 0 Å². The van der Waals surface area contributed by atoms with Crippen molar-refractivity contribution in [2.24, 2.45) is 0 Å². The molecular weight excluding hydrogens is 214 g/mol. The molecule has 17 heavy (non-hydrogen) atoms. The first kappa shape index (κ1) is 10.2. The average molecular weight is 227 g/mol. The molecule has 0 aliphatic carbocycles. The van der Waals surface area contributed by atoms with E-state index in [2.05, 4.69) is 26.3 Å². The fraction of sp³-hybridized carbons (Fsp3) is 0.250. The summed E-state index contributed by atoms with van der Waals surface area (Å²) in [6, 6.07) is 3.94. The van der Waals surface area contributed by atoms with E-state index in [9.17, 15) is 0 Å². The minimum atomic E-state index is 0.436. The molecule has 3 rings (SSSR count). The van der Waals surface area contributed by atoms with Crippen LogP contribution in [0.2, 0.25) is 0 Å². The molecule has 0 bridgehead atoms. The lowest BCUT2D eigenvalue weighted by Crippen LogP contribution is -2.20. The van der Waals surface area contributed by atoms with Crippen LogP contribution in [0.4, 0.5) is 5.82 Å². The van der Waals surface area contributed by atoms with Crippen molar-refractivity contribution < 1.29 is 0 Å². The number of nitrogen functional groups attached to an aromatic ring is 1. The monoisotopic (exact) mass is 227 g/mol. The van der Waals surface area contributed by atoms with E-state index < -0.39 is 0 Å². The molecular formula is C12H13N5. The smallest absolute Gasteiger partial charge is 0.153 e. The van der Waals surface area contributed by atoms with Crippen molar-refractivity contribution in [1.82, 2.24) is 20.3 Å². The average Bonchev–Trinajstić information content (AvgIpc) is 2.40. The van der Waals surface area contributed by atoms with Crippen LogP contribution in [0.15, 0.2) is 24.5 Å². The number of aromatic nitrogens is 3. The van der Waals surface area contributed by atoms with Crippen LogP contribution >= 0.6 is 0 Å². The topological polar surface area (TPSA) is 76.7 Å². The van der Waals surface area contributed by atoms with Crippen molar-refractivity contribution in [3.05, 3.63) is 30.2 Å². The molecule has 3 heterocycles. The lowest BCUT2D eigenvalue weighted by molar-refractivity contribution is 0.737. The summed E-state index contributed by atoms with van der Waals surface area (Å²) in [4.78, 5) is 12.7. The normalized spacial score (nSPS) is 15.9. The molecule has 0 radical (unpaired) electrons. The van der Waals surface area contributed by atoms with Gasteiger partial charge in [0.25, 0.3) is 0 Å². The second-order valence-electron chi connectivity index (χ2n) is 4.01. The summed E-state index contributed by atoms with van der Waals surface area (Å²) in [6.45, 7) is 1.89. The molecule has 0 atom stereocenters. The highest BCUT2D eigenvalue weighted by atomic mass is 14.9. The minimum Gasteiger partial charge on any atom is -0.382 e. The lowest BCUT2D eigenvalue weighted by atomic mass is 10.1. The van der Waals surface area contributed by atoms with Gasteiger partial charge >= 0.3 is 0 Å². The van der Waals surface area contributed by atoms with Crippen LogP contribution in [-0.4, -0.2) is 28.0 Å². The fourth-order valence-corrected chi connectivity index (χ4v) is 1.99. The lowest BCUT2D eigenvalue weighted by Gasteiger charge is -2.13. The Morgan fingerprint density at radius 3 is 3.00 bits per heavy atom. The van der Waals surface area contributed by atoms with E-state index in [0.29, 0.717) is 11.3 Å². The maximum atomic E-state index is 5.81. The van der Waals surface area contributed by atoms with Crippen molar-refractivity contribution in [1.29, 1.82) is 0 Å². The Balaban J connectivity index is 2.12. The van der Waals surface area contributed by atoms with Crippen molar-refractivity contribution in [3.8, 4) is 0 Å². The van der Waals surface area contributed by atoms with Gasteiger partial charge in [-0.15, -0.1) is 0 Å². The third-order valence-electron chi connectivity index (χ3n) is 2.90. The van der Waals surface area contributed by atoms with Gasteiger partial charge in [-0.1, -0.05) is 6.08 Å². The zero-order valence-electron chi connectivity index (χ0n) is 9.35. The molecule has 0 spiro atoms. The number of fused-ring (bicyclic) bond motifs is 1. The molecule has 2 aromatic heterocycles. The van der Waals surface area contributed by atoms with Crippen molar-refractivity contribution in [2.75, 3.05) is 18.8 Å². The van der Waals surface area contributed by atoms with Gasteiger partial charge in [0.05, 0.1) is 11.2 Å². The van der Waals surface area contributed by atoms with Gasteiger partial charge in [0.2, 0.25) is 0 Å². The minimum absolute atomic E-state index is 0.436. The summed E-state index contributed by atoms with van der Waals surface area (Å²) in [6.07, 6.45) is 4.62. The number of pyridine rings is 1. The van der Waals surface area contributed by atoms with Crippen LogP contribution < -0.4 is 11.1 Å². The number of nitrogens with zero attached hydrogens (tertiary/aromatic N) is 3. The molecule has 3 N–H and O–H groups in total. The molecule has 1 aliphatic heterocycles. The van der Waals surface area contributed by atoms with Crippen molar-refractivity contribution >= 4 is 22.4 Å². The number of anilines is 1. The predicted molar refractivity (Wildman–Crippen MR) is 67.2 cm³/mol. The summed E-state index contributed by atoms with van der Waals surface area (Å²) < 4.78 is 0. The number of nitrogens with two attached hydrogens (primary N) is 1. The van der Waals surface area contributed by atoms with Crippen LogP contribution in [0.5, 0.6) is 0 Å². The third kappa shape index (κ3) is 1.85. The number of rotatable bonds is 1. The van der Waals surface area contributed by atoms with Gasteiger partial charge in [0.1, 0.15) is 11.8 Å². The van der Waals surface area contributed by atoms with Gasteiger partial charge in [0, 0.05) is 6.54 Å². The first-order valence-corrected chi connectivity index (χ1v) is 5.62. The Bertz CT molecular complexity index is 590. The van der Waals surface area contributed by atoms with Crippen LogP contribution in [0.25, 0.3) is 16.6 Å². The molecule has 0 unspecified atom stereocenters. The zero-order chi connectivity index (χ0) is 11.7. The van der Waals surface area contributed by atoms with E-state index in [4.69, 9.17) is 5.73 Å². The molecule has 1 aliphatic rings. The van der Waals surface area contributed by atoms with Gasteiger partial charge in [-0.25, -0.2) is 15.0 Å². The SMILES string of the molecule is Nc1ncnc2ccc(C3=CCNCC3)nc12. The Kier molecular flexibility index (Phi) is 2.45. The predicted octanol–water partition coefficient (Wildman–Crippen LogP) is 0.984. The van der Waals surface area contributed by atoms with Crippen LogP contribution in [0.1, 0.15) is 12.1 Å². The van der Waals surface area contributed by atoms with Gasteiger partial charge in [-0.2, -0.15) is 0 Å². The molecule has 0 aromatic carbocycles. The van der Waals surface area contributed by atoms with Crippen molar-refractivity contribution in [3.63, 3.8) is 0 Å². The van der Waals surface area contributed by atoms with Gasteiger partial charge < -0.3 is 11.1 Å². The highest BCUT2D eigenvalue weighted by molar-refractivity contribution is 5.85. The van der Waals surface area contributed by atoms with Crippen LogP contribution in [0, 0.1) is 0 Å². The summed E-state index contributed by atoms with van der Waals surface area (Å²) in [5, 5.41) is 3.28. The standard InChI is InChI=1S/C12H13N5/c13-12-11-10(15-7-16-12)2-1-9(17-11)8-3-5-14-6-4-8/h1-3,7,14H,4-6H2,(H2,13,15,16). The quantitative estimate of drug-likeness (QED) is 0.759. The highest BCUT2D eigenvalue weighted by Crippen LogP contribution is 2.21. The summed E-state index contributed by atoms with van der Waals surface area (Å²) in [7, 11) is 0. The molecule has 0 fully saturated rings. The molecule has 5 nitrogen and oxygen atoms in total. The Morgan fingerprint density at radius 2 is 2.18 bits per heavy atom. The fourth-order valence-electron chi connectivity index (χ4n) is 1.99. The van der Waals surface area contributed by atoms with Crippen molar-refractivity contribution in [2.45, 2.75) is 6.42 Å². The molecule has 0 saturated heterocycles. The Hall–Kier alpha value is -2.01. The molecule has 86 valence electrons. The third-order valence-corrected chi connectivity index (χ3v) is 2.90. The molecule has 0 saturated carbocycles. The second-order valence-corrected chi connectivity index (χ2v) is 4.01. The molecule has 5 heteroatoms. The first-order chi connectivity index (χ1) is 8.34. The van der Waals surface area contributed by atoms with Crippen LogP contribution in [0.3, 0.4) is 0 Å². The number of nitrogens with one attached hydrogen (secondary N) is 1. The molecule has 2 aromatic rings. The van der Waals surface area contributed by atoms with E-state index in [1.165, 1.54) is 11.9 Å². The van der Waals surface area contributed by atoms with E-state index in [0.717, 1.165) is 30.7 Å². The Morgan fingerprint density at radius 1 is 1.24 bits per heavy atom. The second kappa shape index (κ2) is 4.10. The molecule has 0 amide bonds. The van der Waals surface area contributed by atoms with Gasteiger partial charge in [-0.05, 0) is 30.7 Å². The largest absolute Gasteiger partial charge is 0.382 e. The van der Waals surface area contributed by atoms with E-state index in [-0.39, 0.29) is 0 Å². The number of hydrogen-bond acceptors (Lipinski definition) is 5. The zero-order valence-corrected chi connectivity index (χ0v) is 9.35. The van der Waals surface area contributed by atoms with E-state index in [1.807, 2.05) is 12.1 Å².